The zero-order valence-electron chi connectivity index (χ0n) is 12.5. The van der Waals surface area contributed by atoms with Crippen LogP contribution in [0.25, 0.3) is 5.78 Å². The molecular weight excluding hydrogens is 298 g/mol. The Balaban J connectivity index is 1.58. The van der Waals surface area contributed by atoms with Gasteiger partial charge in [0.15, 0.2) is 0 Å². The van der Waals surface area contributed by atoms with Crippen molar-refractivity contribution in [3.8, 4) is 0 Å². The molecule has 0 fully saturated rings. The van der Waals surface area contributed by atoms with Crippen molar-refractivity contribution < 1.29 is 4.79 Å². The van der Waals surface area contributed by atoms with Crippen molar-refractivity contribution in [1.82, 2.24) is 35.1 Å². The standard InChI is InChI=1S/C14H15N7O2/c1-7-17-14-15-6-10(13(23)21(14)20-7)12(22)18-9-3-2-8-5-16-19-11(8)4-9/h5-6,9H,2-4H2,1H3,(H,16,19)(H,18,22)(H,15,17,20)/t9-/m0/s1. The van der Waals surface area contributed by atoms with Crippen LogP contribution in [-0.2, 0) is 12.8 Å². The molecule has 1 aliphatic carbocycles. The highest BCUT2D eigenvalue weighted by Crippen LogP contribution is 2.18. The van der Waals surface area contributed by atoms with Crippen LogP contribution in [0.1, 0.15) is 33.9 Å². The maximum atomic E-state index is 12.4. The van der Waals surface area contributed by atoms with Crippen molar-refractivity contribution in [3.63, 3.8) is 0 Å². The number of amides is 1. The van der Waals surface area contributed by atoms with E-state index in [1.54, 1.807) is 6.92 Å². The van der Waals surface area contributed by atoms with E-state index in [0.717, 1.165) is 18.5 Å². The van der Waals surface area contributed by atoms with Gasteiger partial charge in [-0.1, -0.05) is 0 Å². The average molecular weight is 313 g/mol. The lowest BCUT2D eigenvalue weighted by Gasteiger charge is -2.22. The van der Waals surface area contributed by atoms with Gasteiger partial charge in [0.25, 0.3) is 17.2 Å². The minimum Gasteiger partial charge on any atom is -0.349 e. The number of hydrogen-bond donors (Lipinski definition) is 3. The molecule has 1 aliphatic rings. The fourth-order valence-electron chi connectivity index (χ4n) is 2.91. The Labute approximate surface area is 130 Å². The Morgan fingerprint density at radius 2 is 2.30 bits per heavy atom. The van der Waals surface area contributed by atoms with E-state index < -0.39 is 11.5 Å². The Kier molecular flexibility index (Phi) is 3.00. The van der Waals surface area contributed by atoms with Crippen LogP contribution < -0.4 is 10.9 Å². The number of aryl methyl sites for hydroxylation is 2. The molecule has 0 unspecified atom stereocenters. The number of carbonyl (C=O) groups is 1. The van der Waals surface area contributed by atoms with Crippen molar-refractivity contribution in [2.24, 2.45) is 0 Å². The first-order chi connectivity index (χ1) is 11.1. The van der Waals surface area contributed by atoms with E-state index in [1.165, 1.54) is 16.3 Å². The van der Waals surface area contributed by atoms with Crippen molar-refractivity contribution in [1.29, 1.82) is 0 Å². The molecule has 1 amide bonds. The van der Waals surface area contributed by atoms with E-state index in [2.05, 4.69) is 30.6 Å². The molecule has 3 heterocycles. The topological polar surface area (TPSA) is 121 Å². The highest BCUT2D eigenvalue weighted by molar-refractivity contribution is 5.93. The van der Waals surface area contributed by atoms with Gasteiger partial charge in [-0.25, -0.2) is 4.98 Å². The minimum absolute atomic E-state index is 0.00144. The minimum atomic E-state index is -0.453. The average Bonchev–Trinajstić information content (AvgIpc) is 3.13. The quantitative estimate of drug-likeness (QED) is 0.602. The van der Waals surface area contributed by atoms with Gasteiger partial charge in [0.1, 0.15) is 11.4 Å². The molecule has 1 atom stereocenters. The zero-order valence-corrected chi connectivity index (χ0v) is 12.5. The first kappa shape index (κ1) is 13.7. The van der Waals surface area contributed by atoms with E-state index in [0.29, 0.717) is 12.2 Å². The fourth-order valence-corrected chi connectivity index (χ4v) is 2.91. The number of rotatable bonds is 2. The van der Waals surface area contributed by atoms with Gasteiger partial charge in [0.2, 0.25) is 0 Å². The first-order valence-electron chi connectivity index (χ1n) is 7.38. The molecule has 0 bridgehead atoms. The fraction of sp³-hybridized carbons (Fsp3) is 0.357. The number of hydrogen-bond acceptors (Lipinski definition) is 5. The molecule has 9 heteroatoms. The summed E-state index contributed by atoms with van der Waals surface area (Å²) in [7, 11) is 0. The predicted octanol–water partition coefficient (Wildman–Crippen LogP) is -0.264. The van der Waals surface area contributed by atoms with Gasteiger partial charge in [-0.3, -0.25) is 19.8 Å². The summed E-state index contributed by atoms with van der Waals surface area (Å²) in [5.74, 6) is 0.396. The molecule has 0 spiro atoms. The Morgan fingerprint density at radius 3 is 3.17 bits per heavy atom. The highest BCUT2D eigenvalue weighted by atomic mass is 16.2. The number of carbonyl (C=O) groups excluding carboxylic acids is 1. The number of H-pyrrole nitrogens is 2. The number of nitrogens with one attached hydrogen (secondary N) is 3. The van der Waals surface area contributed by atoms with Crippen LogP contribution in [0.5, 0.6) is 0 Å². The first-order valence-corrected chi connectivity index (χ1v) is 7.38. The van der Waals surface area contributed by atoms with Crippen molar-refractivity contribution in [2.45, 2.75) is 32.2 Å². The van der Waals surface area contributed by atoms with Crippen LogP contribution in [0.3, 0.4) is 0 Å². The molecule has 3 aromatic rings. The number of nitrogens with zero attached hydrogens (tertiary/aromatic N) is 4. The van der Waals surface area contributed by atoms with Gasteiger partial charge in [0.05, 0.1) is 6.20 Å². The molecule has 9 nitrogen and oxygen atoms in total. The Bertz CT molecular complexity index is 952. The van der Waals surface area contributed by atoms with Crippen LogP contribution in [-0.4, -0.2) is 41.7 Å². The van der Waals surface area contributed by atoms with Crippen LogP contribution in [0, 0.1) is 6.92 Å². The third kappa shape index (κ3) is 2.30. The summed E-state index contributed by atoms with van der Waals surface area (Å²) >= 11 is 0. The lowest BCUT2D eigenvalue weighted by atomic mass is 9.93. The monoisotopic (exact) mass is 313 g/mol. The predicted molar refractivity (Wildman–Crippen MR) is 80.2 cm³/mol. The molecule has 0 aromatic carbocycles. The van der Waals surface area contributed by atoms with Gasteiger partial charge in [0, 0.05) is 24.4 Å². The van der Waals surface area contributed by atoms with E-state index in [4.69, 9.17) is 0 Å². The maximum Gasteiger partial charge on any atom is 0.286 e. The molecule has 3 aromatic heterocycles. The van der Waals surface area contributed by atoms with E-state index >= 15 is 0 Å². The molecule has 118 valence electrons. The van der Waals surface area contributed by atoms with Crippen LogP contribution >= 0.6 is 0 Å². The van der Waals surface area contributed by atoms with Gasteiger partial charge in [-0.15, -0.1) is 0 Å². The lowest BCUT2D eigenvalue weighted by molar-refractivity contribution is 0.0931. The molecule has 0 saturated heterocycles. The Morgan fingerprint density at radius 1 is 1.43 bits per heavy atom. The summed E-state index contributed by atoms with van der Waals surface area (Å²) in [5, 5.41) is 12.6. The van der Waals surface area contributed by atoms with Crippen LogP contribution in [0.2, 0.25) is 0 Å². The summed E-state index contributed by atoms with van der Waals surface area (Å²) in [6.07, 6.45) is 5.45. The molecule has 0 saturated carbocycles. The van der Waals surface area contributed by atoms with E-state index in [9.17, 15) is 9.59 Å². The summed E-state index contributed by atoms with van der Waals surface area (Å²) in [4.78, 5) is 32.9. The third-order valence-electron chi connectivity index (χ3n) is 4.08. The van der Waals surface area contributed by atoms with Crippen molar-refractivity contribution in [2.75, 3.05) is 0 Å². The van der Waals surface area contributed by atoms with Crippen molar-refractivity contribution in [3.05, 3.63) is 45.4 Å². The third-order valence-corrected chi connectivity index (χ3v) is 4.08. The van der Waals surface area contributed by atoms with Gasteiger partial charge in [-0.2, -0.15) is 14.6 Å². The zero-order chi connectivity index (χ0) is 16.0. The molecule has 23 heavy (non-hydrogen) atoms. The summed E-state index contributed by atoms with van der Waals surface area (Å²) in [6.45, 7) is 1.72. The number of aromatic nitrogens is 6. The number of aromatic amines is 2. The highest BCUT2D eigenvalue weighted by Gasteiger charge is 2.23. The number of fused-ring (bicyclic) bond motifs is 2. The van der Waals surface area contributed by atoms with Crippen LogP contribution in [0.4, 0.5) is 0 Å². The van der Waals surface area contributed by atoms with Crippen molar-refractivity contribution >= 4 is 11.7 Å². The van der Waals surface area contributed by atoms with E-state index in [-0.39, 0.29) is 17.4 Å². The molecular formula is C14H15N7O2. The lowest BCUT2D eigenvalue weighted by Crippen LogP contribution is -2.41. The van der Waals surface area contributed by atoms with Gasteiger partial charge in [-0.05, 0) is 25.3 Å². The normalized spacial score (nSPS) is 17.2. The largest absolute Gasteiger partial charge is 0.349 e. The second-order valence-corrected chi connectivity index (χ2v) is 5.71. The summed E-state index contributed by atoms with van der Waals surface area (Å²) < 4.78 is 1.18. The summed E-state index contributed by atoms with van der Waals surface area (Å²) in [5.41, 5.74) is 1.77. The van der Waals surface area contributed by atoms with E-state index in [1.807, 2.05) is 6.20 Å². The van der Waals surface area contributed by atoms with Gasteiger partial charge < -0.3 is 5.32 Å². The SMILES string of the molecule is Cc1nc2ncc(C(=O)N[C@H]3CCc4cn[nH]c4C3)c(=O)n2[nH]1. The molecule has 0 radical (unpaired) electrons. The maximum absolute atomic E-state index is 12.4. The van der Waals surface area contributed by atoms with Gasteiger partial charge >= 0.3 is 0 Å². The molecule has 3 N–H and O–H groups in total. The summed E-state index contributed by atoms with van der Waals surface area (Å²) in [6, 6.07) is -0.0287. The van der Waals surface area contributed by atoms with Crippen LogP contribution in [0.15, 0.2) is 17.2 Å². The second kappa shape index (κ2) is 5.04. The smallest absolute Gasteiger partial charge is 0.286 e. The molecule has 0 aliphatic heterocycles. The Hall–Kier alpha value is -2.97. The second-order valence-electron chi connectivity index (χ2n) is 5.71. The molecule has 4 rings (SSSR count).